The third-order valence-electron chi connectivity index (χ3n) is 2.20. The maximum Gasteiger partial charge on any atom is 0.159 e. The number of ketones is 1. The Morgan fingerprint density at radius 2 is 2.38 bits per heavy atom. The van der Waals surface area contributed by atoms with E-state index in [0.717, 1.165) is 6.42 Å². The highest BCUT2D eigenvalue weighted by molar-refractivity contribution is 5.95. The normalized spacial score (nSPS) is 41.8. The molecule has 0 aromatic rings. The molecule has 2 aliphatic rings. The van der Waals surface area contributed by atoms with Gasteiger partial charge in [-0.15, -0.1) is 0 Å². The highest BCUT2D eigenvalue weighted by atomic mass is 16.1. The van der Waals surface area contributed by atoms with E-state index in [1.54, 1.807) is 6.08 Å². The van der Waals surface area contributed by atoms with Crippen molar-refractivity contribution >= 4 is 5.78 Å². The zero-order valence-electron chi connectivity index (χ0n) is 4.63. The molecule has 0 spiro atoms. The minimum absolute atomic E-state index is 0.362. The molecule has 0 heterocycles. The molecule has 2 rings (SSSR count). The molecule has 0 amide bonds. The van der Waals surface area contributed by atoms with Gasteiger partial charge in [0.25, 0.3) is 0 Å². The standard InChI is InChI=1S/C7H8O/c8-7-4-2-5-1-3-6(5)7/h2,4-6H,1,3H2/t5-,6+/m0/s1. The summed E-state index contributed by atoms with van der Waals surface area (Å²) in [6, 6.07) is 0. The second-order valence-corrected chi connectivity index (χ2v) is 2.61. The van der Waals surface area contributed by atoms with E-state index in [9.17, 15) is 4.79 Å². The number of fused-ring (bicyclic) bond motifs is 1. The van der Waals surface area contributed by atoms with E-state index < -0.39 is 0 Å². The van der Waals surface area contributed by atoms with Crippen LogP contribution < -0.4 is 0 Å². The number of hydrogen-bond donors (Lipinski definition) is 0. The fraction of sp³-hybridized carbons (Fsp3) is 0.571. The SMILES string of the molecule is O=C1C=C[C@@H]2CC[C@@H]12. The first-order valence-corrected chi connectivity index (χ1v) is 3.10. The molecule has 1 saturated carbocycles. The number of allylic oxidation sites excluding steroid dienone is 2. The lowest BCUT2D eigenvalue weighted by atomic mass is 9.76. The Bertz CT molecular complexity index is 158. The molecule has 1 fully saturated rings. The second kappa shape index (κ2) is 1.22. The Morgan fingerprint density at radius 3 is 2.62 bits per heavy atom. The number of rotatable bonds is 0. The van der Waals surface area contributed by atoms with Crippen LogP contribution in [0.2, 0.25) is 0 Å². The molecular weight excluding hydrogens is 100 g/mol. The van der Waals surface area contributed by atoms with E-state index in [2.05, 4.69) is 6.08 Å². The zero-order valence-corrected chi connectivity index (χ0v) is 4.63. The van der Waals surface area contributed by atoms with Gasteiger partial charge < -0.3 is 0 Å². The lowest BCUT2D eigenvalue weighted by Crippen LogP contribution is -2.25. The predicted octanol–water partition coefficient (Wildman–Crippen LogP) is 1.15. The van der Waals surface area contributed by atoms with E-state index in [0.29, 0.717) is 17.6 Å². The minimum Gasteiger partial charge on any atom is -0.295 e. The van der Waals surface area contributed by atoms with Crippen LogP contribution in [0, 0.1) is 11.8 Å². The molecule has 2 atom stereocenters. The first kappa shape index (κ1) is 4.30. The minimum atomic E-state index is 0.362. The summed E-state index contributed by atoms with van der Waals surface area (Å²) >= 11 is 0. The van der Waals surface area contributed by atoms with Gasteiger partial charge in [-0.05, 0) is 24.8 Å². The van der Waals surface area contributed by atoms with Gasteiger partial charge in [-0.2, -0.15) is 0 Å². The summed E-state index contributed by atoms with van der Waals surface area (Å²) in [5.74, 6) is 1.42. The van der Waals surface area contributed by atoms with Gasteiger partial charge in [-0.3, -0.25) is 4.79 Å². The van der Waals surface area contributed by atoms with E-state index in [-0.39, 0.29) is 0 Å². The summed E-state index contributed by atoms with van der Waals surface area (Å²) in [5.41, 5.74) is 0. The molecule has 0 bridgehead atoms. The largest absolute Gasteiger partial charge is 0.295 e. The van der Waals surface area contributed by atoms with Crippen molar-refractivity contribution in [2.24, 2.45) is 11.8 Å². The summed E-state index contributed by atoms with van der Waals surface area (Å²) in [7, 11) is 0. The molecule has 1 nitrogen and oxygen atoms in total. The van der Waals surface area contributed by atoms with E-state index >= 15 is 0 Å². The molecule has 0 radical (unpaired) electrons. The second-order valence-electron chi connectivity index (χ2n) is 2.61. The first-order valence-electron chi connectivity index (χ1n) is 3.10. The highest BCUT2D eigenvalue weighted by Gasteiger charge is 2.36. The molecule has 0 aromatic heterocycles. The van der Waals surface area contributed by atoms with Crippen molar-refractivity contribution in [1.29, 1.82) is 0 Å². The van der Waals surface area contributed by atoms with Crippen molar-refractivity contribution in [3.8, 4) is 0 Å². The van der Waals surface area contributed by atoms with Crippen molar-refractivity contribution in [3.05, 3.63) is 12.2 Å². The third-order valence-corrected chi connectivity index (χ3v) is 2.20. The van der Waals surface area contributed by atoms with Crippen molar-refractivity contribution in [2.45, 2.75) is 12.8 Å². The fourth-order valence-electron chi connectivity index (χ4n) is 1.45. The monoisotopic (exact) mass is 108 g/mol. The van der Waals surface area contributed by atoms with Gasteiger partial charge in [0.2, 0.25) is 0 Å². The van der Waals surface area contributed by atoms with Gasteiger partial charge in [0.05, 0.1) is 0 Å². The molecule has 0 aliphatic heterocycles. The van der Waals surface area contributed by atoms with Gasteiger partial charge in [0, 0.05) is 5.92 Å². The molecule has 0 aromatic carbocycles. The maximum atomic E-state index is 10.7. The summed E-state index contributed by atoms with van der Waals surface area (Å²) in [6.45, 7) is 0. The van der Waals surface area contributed by atoms with Crippen LogP contribution in [-0.2, 0) is 4.79 Å². The summed E-state index contributed by atoms with van der Waals surface area (Å²) in [6.07, 6.45) is 6.17. The number of hydrogen-bond acceptors (Lipinski definition) is 1. The van der Waals surface area contributed by atoms with E-state index in [1.165, 1.54) is 6.42 Å². The summed E-state index contributed by atoms with van der Waals surface area (Å²) < 4.78 is 0. The smallest absolute Gasteiger partial charge is 0.159 e. The Kier molecular flexibility index (Phi) is 0.655. The van der Waals surface area contributed by atoms with Crippen molar-refractivity contribution in [1.82, 2.24) is 0 Å². The van der Waals surface area contributed by atoms with Crippen molar-refractivity contribution in [3.63, 3.8) is 0 Å². The summed E-state index contributed by atoms with van der Waals surface area (Å²) in [5, 5.41) is 0. The van der Waals surface area contributed by atoms with Gasteiger partial charge in [0.1, 0.15) is 0 Å². The highest BCUT2D eigenvalue weighted by Crippen LogP contribution is 2.39. The van der Waals surface area contributed by atoms with Gasteiger partial charge >= 0.3 is 0 Å². The molecule has 2 aliphatic carbocycles. The average Bonchev–Trinajstić information content (AvgIpc) is 1.80. The lowest BCUT2D eigenvalue weighted by Gasteiger charge is -2.27. The quantitative estimate of drug-likeness (QED) is 0.455. The molecule has 42 valence electrons. The third kappa shape index (κ3) is 0.347. The molecule has 8 heavy (non-hydrogen) atoms. The Morgan fingerprint density at radius 1 is 1.50 bits per heavy atom. The van der Waals surface area contributed by atoms with Gasteiger partial charge in [0.15, 0.2) is 5.78 Å². The van der Waals surface area contributed by atoms with Crippen LogP contribution in [0.4, 0.5) is 0 Å². The average molecular weight is 108 g/mol. The Labute approximate surface area is 48.4 Å². The number of carbonyl (C=O) groups excluding carboxylic acids is 1. The molecule has 0 N–H and O–H groups in total. The van der Waals surface area contributed by atoms with Crippen LogP contribution in [-0.4, -0.2) is 5.78 Å². The van der Waals surface area contributed by atoms with Crippen LogP contribution in [0.3, 0.4) is 0 Å². The molecule has 0 saturated heterocycles. The Balaban J connectivity index is 2.25. The van der Waals surface area contributed by atoms with E-state index in [4.69, 9.17) is 0 Å². The molecular formula is C7H8O. The lowest BCUT2D eigenvalue weighted by molar-refractivity contribution is -0.120. The van der Waals surface area contributed by atoms with Crippen LogP contribution in [0.5, 0.6) is 0 Å². The first-order chi connectivity index (χ1) is 3.88. The van der Waals surface area contributed by atoms with Crippen molar-refractivity contribution in [2.75, 3.05) is 0 Å². The molecule has 1 heteroatoms. The van der Waals surface area contributed by atoms with Crippen molar-refractivity contribution < 1.29 is 4.79 Å². The Hall–Kier alpha value is -0.590. The maximum absolute atomic E-state index is 10.7. The van der Waals surface area contributed by atoms with Crippen LogP contribution in [0.1, 0.15) is 12.8 Å². The predicted molar refractivity (Wildman–Crippen MR) is 30.4 cm³/mol. The van der Waals surface area contributed by atoms with Crippen LogP contribution >= 0.6 is 0 Å². The van der Waals surface area contributed by atoms with Crippen LogP contribution in [0.25, 0.3) is 0 Å². The van der Waals surface area contributed by atoms with Gasteiger partial charge in [-0.1, -0.05) is 6.08 Å². The number of carbonyl (C=O) groups is 1. The summed E-state index contributed by atoms with van der Waals surface area (Å²) in [4.78, 5) is 10.7. The van der Waals surface area contributed by atoms with Gasteiger partial charge in [-0.25, -0.2) is 0 Å². The zero-order chi connectivity index (χ0) is 5.56. The molecule has 0 unspecified atom stereocenters. The van der Waals surface area contributed by atoms with Crippen LogP contribution in [0.15, 0.2) is 12.2 Å². The van der Waals surface area contributed by atoms with E-state index in [1.807, 2.05) is 0 Å². The topological polar surface area (TPSA) is 17.1 Å². The fourth-order valence-corrected chi connectivity index (χ4v) is 1.45.